The number of anilines is 2. The quantitative estimate of drug-likeness (QED) is 0.424. The number of hydrogen-bond acceptors (Lipinski definition) is 2. The molecular weight excluding hydrogens is 167 g/mol. The van der Waals surface area contributed by atoms with E-state index in [1.54, 1.807) is 18.2 Å². The van der Waals surface area contributed by atoms with Crippen molar-refractivity contribution < 1.29 is 4.39 Å². The van der Waals surface area contributed by atoms with Crippen LogP contribution in [0.1, 0.15) is 6.42 Å². The molecule has 3 N–H and O–H groups in total. The van der Waals surface area contributed by atoms with Gasteiger partial charge < -0.3 is 11.1 Å². The number of nitrogens with one attached hydrogen (secondary N) is 1. The highest BCUT2D eigenvalue weighted by Crippen LogP contribution is 2.20. The molecule has 0 saturated heterocycles. The Labute approximate surface area is 77.3 Å². The van der Waals surface area contributed by atoms with Crippen LogP contribution in [0.3, 0.4) is 0 Å². The van der Waals surface area contributed by atoms with Gasteiger partial charge in [-0.2, -0.15) is 0 Å². The van der Waals surface area contributed by atoms with Crippen molar-refractivity contribution in [3.05, 3.63) is 36.7 Å². The number of nitrogens with two attached hydrogens (primary N) is 1. The zero-order valence-electron chi connectivity index (χ0n) is 7.39. The molecule has 0 unspecified atom stereocenters. The minimum absolute atomic E-state index is 0.173. The van der Waals surface area contributed by atoms with Crippen LogP contribution in [0.25, 0.3) is 0 Å². The molecule has 0 aliphatic heterocycles. The Morgan fingerprint density at radius 2 is 2.31 bits per heavy atom. The predicted molar refractivity (Wildman–Crippen MR) is 54.1 cm³/mol. The molecule has 0 amide bonds. The van der Waals surface area contributed by atoms with Crippen LogP contribution in [0.2, 0.25) is 0 Å². The van der Waals surface area contributed by atoms with Crippen LogP contribution in [0.4, 0.5) is 15.8 Å². The molecule has 0 aliphatic rings. The lowest BCUT2D eigenvalue weighted by Crippen LogP contribution is -2.04. The monoisotopic (exact) mass is 180 g/mol. The molecule has 13 heavy (non-hydrogen) atoms. The van der Waals surface area contributed by atoms with Crippen molar-refractivity contribution in [3.63, 3.8) is 0 Å². The summed E-state index contributed by atoms with van der Waals surface area (Å²) in [6.45, 7) is 4.31. The van der Waals surface area contributed by atoms with Gasteiger partial charge in [0.05, 0.1) is 11.4 Å². The summed E-state index contributed by atoms with van der Waals surface area (Å²) < 4.78 is 12.9. The number of para-hydroxylation sites is 1. The van der Waals surface area contributed by atoms with Crippen molar-refractivity contribution >= 4 is 11.4 Å². The van der Waals surface area contributed by atoms with Crippen LogP contribution < -0.4 is 11.1 Å². The normalized spacial score (nSPS) is 9.62. The molecule has 0 fully saturated rings. The molecule has 1 rings (SSSR count). The van der Waals surface area contributed by atoms with Gasteiger partial charge in [-0.3, -0.25) is 0 Å². The smallest absolute Gasteiger partial charge is 0.148 e. The third-order valence-corrected chi connectivity index (χ3v) is 1.72. The third-order valence-electron chi connectivity index (χ3n) is 1.72. The maximum atomic E-state index is 12.9. The summed E-state index contributed by atoms with van der Waals surface area (Å²) >= 11 is 0. The van der Waals surface area contributed by atoms with Crippen LogP contribution in [0.5, 0.6) is 0 Å². The largest absolute Gasteiger partial charge is 0.395 e. The van der Waals surface area contributed by atoms with E-state index in [4.69, 9.17) is 5.73 Å². The van der Waals surface area contributed by atoms with Crippen LogP contribution in [-0.2, 0) is 0 Å². The van der Waals surface area contributed by atoms with Crippen molar-refractivity contribution in [2.24, 2.45) is 0 Å². The second-order valence-electron chi connectivity index (χ2n) is 2.71. The summed E-state index contributed by atoms with van der Waals surface area (Å²) in [7, 11) is 0. The minimum atomic E-state index is -0.386. The van der Waals surface area contributed by atoms with Gasteiger partial charge in [0.25, 0.3) is 0 Å². The number of halogens is 1. The molecule has 3 heteroatoms. The first-order chi connectivity index (χ1) is 6.25. The van der Waals surface area contributed by atoms with E-state index < -0.39 is 0 Å². The average Bonchev–Trinajstić information content (AvgIpc) is 2.13. The van der Waals surface area contributed by atoms with Crippen molar-refractivity contribution in [3.8, 4) is 0 Å². The highest BCUT2D eigenvalue weighted by atomic mass is 19.1. The van der Waals surface area contributed by atoms with E-state index in [1.807, 2.05) is 0 Å². The van der Waals surface area contributed by atoms with Crippen LogP contribution in [0.15, 0.2) is 30.9 Å². The first-order valence-corrected chi connectivity index (χ1v) is 4.14. The van der Waals surface area contributed by atoms with E-state index in [2.05, 4.69) is 11.9 Å². The van der Waals surface area contributed by atoms with Crippen LogP contribution >= 0.6 is 0 Å². The standard InChI is InChI=1S/C10H13FN2/c1-2-3-7-13-9-6-4-5-8(11)10(9)12/h2,4-6,13H,1,3,7,12H2. The van der Waals surface area contributed by atoms with Gasteiger partial charge in [0.15, 0.2) is 0 Å². The van der Waals surface area contributed by atoms with Crippen molar-refractivity contribution in [2.75, 3.05) is 17.6 Å². The minimum Gasteiger partial charge on any atom is -0.395 e. The van der Waals surface area contributed by atoms with Gasteiger partial charge in [-0.25, -0.2) is 4.39 Å². The summed E-state index contributed by atoms with van der Waals surface area (Å²) in [5.41, 5.74) is 6.31. The van der Waals surface area contributed by atoms with Gasteiger partial charge >= 0.3 is 0 Å². The Morgan fingerprint density at radius 1 is 1.54 bits per heavy atom. The summed E-state index contributed by atoms with van der Waals surface area (Å²) in [4.78, 5) is 0. The summed E-state index contributed by atoms with van der Waals surface area (Å²) in [6.07, 6.45) is 2.62. The molecule has 1 aromatic rings. The van der Waals surface area contributed by atoms with E-state index >= 15 is 0 Å². The molecule has 0 aromatic heterocycles. The molecule has 1 aromatic carbocycles. The molecule has 0 aliphatic carbocycles. The van der Waals surface area contributed by atoms with E-state index in [0.29, 0.717) is 5.69 Å². The Bertz CT molecular complexity index is 297. The lowest BCUT2D eigenvalue weighted by Gasteiger charge is -2.07. The van der Waals surface area contributed by atoms with E-state index in [9.17, 15) is 4.39 Å². The summed E-state index contributed by atoms with van der Waals surface area (Å²) in [6, 6.07) is 4.72. The molecule has 0 spiro atoms. The van der Waals surface area contributed by atoms with Gasteiger partial charge in [-0.15, -0.1) is 6.58 Å². The number of benzene rings is 1. The van der Waals surface area contributed by atoms with Gasteiger partial charge in [-0.05, 0) is 18.6 Å². The topological polar surface area (TPSA) is 38.0 Å². The van der Waals surface area contributed by atoms with Crippen LogP contribution in [-0.4, -0.2) is 6.54 Å². The summed E-state index contributed by atoms with van der Waals surface area (Å²) in [5, 5.41) is 3.02. The first-order valence-electron chi connectivity index (χ1n) is 4.14. The average molecular weight is 180 g/mol. The fourth-order valence-corrected chi connectivity index (χ4v) is 1.00. The SMILES string of the molecule is C=CCCNc1cccc(F)c1N. The predicted octanol–water partition coefficient (Wildman–Crippen LogP) is 2.40. The molecule has 0 bridgehead atoms. The molecule has 2 nitrogen and oxygen atoms in total. The molecule has 0 radical (unpaired) electrons. The van der Waals surface area contributed by atoms with Gasteiger partial charge in [0.2, 0.25) is 0 Å². The fourth-order valence-electron chi connectivity index (χ4n) is 1.00. The van der Waals surface area contributed by atoms with Gasteiger partial charge in [0, 0.05) is 6.54 Å². The van der Waals surface area contributed by atoms with Crippen molar-refractivity contribution in [1.29, 1.82) is 0 Å². The van der Waals surface area contributed by atoms with E-state index in [1.165, 1.54) is 6.07 Å². The van der Waals surface area contributed by atoms with Crippen molar-refractivity contribution in [2.45, 2.75) is 6.42 Å². The maximum Gasteiger partial charge on any atom is 0.148 e. The number of rotatable bonds is 4. The molecule has 70 valence electrons. The Hall–Kier alpha value is -1.51. The molecule has 0 saturated carbocycles. The second-order valence-corrected chi connectivity index (χ2v) is 2.71. The zero-order chi connectivity index (χ0) is 9.68. The zero-order valence-corrected chi connectivity index (χ0v) is 7.39. The molecular formula is C10H13FN2. The van der Waals surface area contributed by atoms with Crippen LogP contribution in [0, 0.1) is 5.82 Å². The number of hydrogen-bond donors (Lipinski definition) is 2. The first kappa shape index (κ1) is 9.58. The van der Waals surface area contributed by atoms with E-state index in [0.717, 1.165) is 13.0 Å². The highest BCUT2D eigenvalue weighted by Gasteiger charge is 2.01. The second kappa shape index (κ2) is 4.50. The molecule has 0 atom stereocenters. The lowest BCUT2D eigenvalue weighted by molar-refractivity contribution is 0.633. The summed E-state index contributed by atoms with van der Waals surface area (Å²) in [5.74, 6) is -0.386. The van der Waals surface area contributed by atoms with Crippen molar-refractivity contribution in [1.82, 2.24) is 0 Å². The maximum absolute atomic E-state index is 12.9. The molecule has 0 heterocycles. The Kier molecular flexibility index (Phi) is 3.31. The highest BCUT2D eigenvalue weighted by molar-refractivity contribution is 5.66. The van der Waals surface area contributed by atoms with Gasteiger partial charge in [0.1, 0.15) is 5.82 Å². The van der Waals surface area contributed by atoms with E-state index in [-0.39, 0.29) is 11.5 Å². The van der Waals surface area contributed by atoms with Gasteiger partial charge in [-0.1, -0.05) is 12.1 Å². The lowest BCUT2D eigenvalue weighted by atomic mass is 10.2. The number of nitrogen functional groups attached to an aromatic ring is 1. The fraction of sp³-hybridized carbons (Fsp3) is 0.200. The Morgan fingerprint density at radius 3 is 3.00 bits per heavy atom. The Balaban J connectivity index is 2.65. The third kappa shape index (κ3) is 2.47.